The molecule has 0 saturated heterocycles. The van der Waals surface area contributed by atoms with E-state index in [9.17, 15) is 0 Å². The molecule has 0 aliphatic heterocycles. The molecule has 0 spiro atoms. The van der Waals surface area contributed by atoms with E-state index in [0.29, 0.717) is 24.0 Å². The van der Waals surface area contributed by atoms with Crippen molar-refractivity contribution in [3.8, 4) is 17.2 Å². The molecule has 0 bridgehead atoms. The number of benzene rings is 2. The van der Waals surface area contributed by atoms with Crippen LogP contribution in [0.4, 0.5) is 0 Å². The van der Waals surface area contributed by atoms with Crippen molar-refractivity contribution >= 4 is 17.6 Å². The summed E-state index contributed by atoms with van der Waals surface area (Å²) in [5, 5.41) is 7.32. The summed E-state index contributed by atoms with van der Waals surface area (Å²) in [6.45, 7) is 1.27. The first-order valence-electron chi connectivity index (χ1n) is 8.59. The van der Waals surface area contributed by atoms with Crippen LogP contribution in [-0.4, -0.2) is 40.9 Å². The molecule has 0 fully saturated rings. The highest BCUT2D eigenvalue weighted by atomic mass is 35.5. The average molecular weight is 392 g/mol. The first-order valence-corrected chi connectivity index (χ1v) is 8.97. The first kappa shape index (κ1) is 20.7. The van der Waals surface area contributed by atoms with E-state index in [2.05, 4.69) is 21.7 Å². The highest BCUT2D eigenvalue weighted by Crippen LogP contribution is 2.34. The van der Waals surface area contributed by atoms with Gasteiger partial charge in [-0.25, -0.2) is 0 Å². The Labute approximate surface area is 165 Å². The highest BCUT2D eigenvalue weighted by Gasteiger charge is 2.12. The van der Waals surface area contributed by atoms with Gasteiger partial charge in [0.2, 0.25) is 0 Å². The third-order valence-corrected chi connectivity index (χ3v) is 4.29. The second kappa shape index (κ2) is 10.5. The van der Waals surface area contributed by atoms with E-state index in [4.69, 9.17) is 25.8 Å². The Morgan fingerprint density at radius 2 is 1.67 bits per heavy atom. The monoisotopic (exact) mass is 391 g/mol. The molecule has 6 nitrogen and oxygen atoms in total. The lowest BCUT2D eigenvalue weighted by atomic mass is 10.1. The minimum atomic E-state index is 0.528. The summed E-state index contributed by atoms with van der Waals surface area (Å²) in [5.74, 6) is 2.70. The molecule has 2 aromatic rings. The van der Waals surface area contributed by atoms with Gasteiger partial charge >= 0.3 is 0 Å². The summed E-state index contributed by atoms with van der Waals surface area (Å²) in [6.07, 6.45) is 0.848. The lowest BCUT2D eigenvalue weighted by Gasteiger charge is -2.16. The van der Waals surface area contributed by atoms with Crippen LogP contribution in [0.1, 0.15) is 11.1 Å². The molecule has 146 valence electrons. The largest absolute Gasteiger partial charge is 0.496 e. The van der Waals surface area contributed by atoms with Gasteiger partial charge in [-0.1, -0.05) is 23.7 Å². The molecule has 2 aromatic carbocycles. The van der Waals surface area contributed by atoms with E-state index < -0.39 is 0 Å². The first-order chi connectivity index (χ1) is 13.1. The summed E-state index contributed by atoms with van der Waals surface area (Å²) in [7, 11) is 6.57. The molecule has 7 heteroatoms. The maximum absolute atomic E-state index is 6.02. The molecular weight excluding hydrogens is 366 g/mol. The third-order valence-electron chi connectivity index (χ3n) is 4.05. The Bertz CT molecular complexity index is 781. The number of nitrogens with one attached hydrogen (secondary N) is 2. The number of aliphatic imine (C=N–C) groups is 1. The van der Waals surface area contributed by atoms with E-state index in [0.717, 1.165) is 29.3 Å². The van der Waals surface area contributed by atoms with Crippen molar-refractivity contribution < 1.29 is 14.2 Å². The van der Waals surface area contributed by atoms with Crippen LogP contribution in [-0.2, 0) is 13.0 Å². The van der Waals surface area contributed by atoms with Crippen molar-refractivity contribution in [1.82, 2.24) is 10.6 Å². The minimum absolute atomic E-state index is 0.528. The quantitative estimate of drug-likeness (QED) is 0.534. The standard InChI is InChI=1S/C20H26ClN3O3/c1-22-20(23-9-8-14-6-5-7-16(21)10-14)24-13-15-11-18(26-3)19(27-4)12-17(15)25-2/h5-7,10-12H,8-9,13H2,1-4H3,(H2,22,23,24). The SMILES string of the molecule is CN=C(NCCc1cccc(Cl)c1)NCc1cc(OC)c(OC)cc1OC. The molecule has 0 heterocycles. The number of rotatable bonds is 8. The van der Waals surface area contributed by atoms with Crippen LogP contribution in [0.2, 0.25) is 5.02 Å². The predicted octanol–water partition coefficient (Wildman–Crippen LogP) is 3.27. The van der Waals surface area contributed by atoms with Gasteiger partial charge in [0.25, 0.3) is 0 Å². The van der Waals surface area contributed by atoms with Gasteiger partial charge in [0.05, 0.1) is 21.3 Å². The van der Waals surface area contributed by atoms with Crippen molar-refractivity contribution in [2.45, 2.75) is 13.0 Å². The molecule has 0 atom stereocenters. The molecule has 0 aliphatic carbocycles. The smallest absolute Gasteiger partial charge is 0.191 e. The van der Waals surface area contributed by atoms with E-state index >= 15 is 0 Å². The van der Waals surface area contributed by atoms with Gasteiger partial charge < -0.3 is 24.8 Å². The lowest BCUT2D eigenvalue weighted by molar-refractivity contribution is 0.347. The number of methoxy groups -OCH3 is 3. The molecule has 0 amide bonds. The Morgan fingerprint density at radius 1 is 0.963 bits per heavy atom. The summed E-state index contributed by atoms with van der Waals surface area (Å²) in [4.78, 5) is 4.26. The zero-order valence-corrected chi connectivity index (χ0v) is 16.9. The molecule has 2 rings (SSSR count). The van der Waals surface area contributed by atoms with E-state index in [-0.39, 0.29) is 0 Å². The molecule has 0 aromatic heterocycles. The molecule has 27 heavy (non-hydrogen) atoms. The fraction of sp³-hybridized carbons (Fsp3) is 0.350. The number of guanidine groups is 1. The van der Waals surface area contributed by atoms with Crippen LogP contribution in [0.3, 0.4) is 0 Å². The molecule has 0 unspecified atom stereocenters. The van der Waals surface area contributed by atoms with Crippen LogP contribution in [0, 0.1) is 0 Å². The van der Waals surface area contributed by atoms with Crippen LogP contribution in [0.5, 0.6) is 17.2 Å². The Morgan fingerprint density at radius 3 is 2.30 bits per heavy atom. The minimum Gasteiger partial charge on any atom is -0.496 e. The Hall–Kier alpha value is -2.60. The average Bonchev–Trinajstić information content (AvgIpc) is 2.69. The maximum Gasteiger partial charge on any atom is 0.191 e. The number of ether oxygens (including phenoxy) is 3. The normalized spacial score (nSPS) is 11.1. The van der Waals surface area contributed by atoms with Crippen LogP contribution < -0.4 is 24.8 Å². The number of nitrogens with zero attached hydrogens (tertiary/aromatic N) is 1. The lowest BCUT2D eigenvalue weighted by Crippen LogP contribution is -2.37. The van der Waals surface area contributed by atoms with Gasteiger partial charge in [-0.15, -0.1) is 0 Å². The third kappa shape index (κ3) is 5.96. The molecule has 2 N–H and O–H groups in total. The van der Waals surface area contributed by atoms with Crippen molar-refractivity contribution in [3.63, 3.8) is 0 Å². The topological polar surface area (TPSA) is 64.1 Å². The summed E-state index contributed by atoms with van der Waals surface area (Å²) < 4.78 is 16.1. The van der Waals surface area contributed by atoms with Crippen molar-refractivity contribution in [2.75, 3.05) is 34.9 Å². The Balaban J connectivity index is 1.95. The zero-order chi connectivity index (χ0) is 19.6. The van der Waals surface area contributed by atoms with Gasteiger partial charge in [0.1, 0.15) is 5.75 Å². The van der Waals surface area contributed by atoms with Crippen LogP contribution in [0.25, 0.3) is 0 Å². The number of hydrogen-bond acceptors (Lipinski definition) is 4. The number of hydrogen-bond donors (Lipinski definition) is 2. The summed E-state index contributed by atoms with van der Waals surface area (Å²) >= 11 is 6.02. The van der Waals surface area contributed by atoms with Crippen molar-refractivity contribution in [1.29, 1.82) is 0 Å². The fourth-order valence-corrected chi connectivity index (χ4v) is 2.86. The zero-order valence-electron chi connectivity index (χ0n) is 16.1. The van der Waals surface area contributed by atoms with Crippen molar-refractivity contribution in [2.24, 2.45) is 4.99 Å². The molecule has 0 aliphatic rings. The molecule has 0 saturated carbocycles. The van der Waals surface area contributed by atoms with Crippen LogP contribution >= 0.6 is 11.6 Å². The second-order valence-corrected chi connectivity index (χ2v) is 6.19. The fourth-order valence-electron chi connectivity index (χ4n) is 2.65. The second-order valence-electron chi connectivity index (χ2n) is 5.75. The van der Waals surface area contributed by atoms with Gasteiger partial charge in [0.15, 0.2) is 17.5 Å². The van der Waals surface area contributed by atoms with E-state index in [1.165, 1.54) is 5.56 Å². The molecular formula is C20H26ClN3O3. The highest BCUT2D eigenvalue weighted by molar-refractivity contribution is 6.30. The van der Waals surface area contributed by atoms with Gasteiger partial charge in [-0.2, -0.15) is 0 Å². The summed E-state index contributed by atoms with van der Waals surface area (Å²) in [6, 6.07) is 11.5. The van der Waals surface area contributed by atoms with Gasteiger partial charge in [-0.3, -0.25) is 4.99 Å². The number of halogens is 1. The van der Waals surface area contributed by atoms with Gasteiger partial charge in [0, 0.05) is 36.8 Å². The molecule has 0 radical (unpaired) electrons. The summed E-state index contributed by atoms with van der Waals surface area (Å²) in [5.41, 5.74) is 2.11. The Kier molecular flexibility index (Phi) is 8.07. The van der Waals surface area contributed by atoms with Crippen LogP contribution in [0.15, 0.2) is 41.4 Å². The van der Waals surface area contributed by atoms with E-state index in [1.54, 1.807) is 28.4 Å². The predicted molar refractivity (Wildman–Crippen MR) is 109 cm³/mol. The van der Waals surface area contributed by atoms with E-state index in [1.807, 2.05) is 30.3 Å². The maximum atomic E-state index is 6.02. The van der Waals surface area contributed by atoms with Crippen molar-refractivity contribution in [3.05, 3.63) is 52.5 Å². The van der Waals surface area contributed by atoms with Gasteiger partial charge in [-0.05, 0) is 30.2 Å².